The van der Waals surface area contributed by atoms with Crippen LogP contribution < -0.4 is 14.4 Å². The van der Waals surface area contributed by atoms with Crippen molar-refractivity contribution in [3.8, 4) is 17.2 Å². The van der Waals surface area contributed by atoms with Crippen molar-refractivity contribution in [3.63, 3.8) is 0 Å². The van der Waals surface area contributed by atoms with E-state index in [0.29, 0.717) is 28.4 Å². The van der Waals surface area contributed by atoms with Gasteiger partial charge in [0, 0.05) is 18.7 Å². The highest BCUT2D eigenvalue weighted by Gasteiger charge is 2.29. The molecule has 0 atom stereocenters. The summed E-state index contributed by atoms with van der Waals surface area (Å²) in [5, 5.41) is 10.3. The van der Waals surface area contributed by atoms with Gasteiger partial charge in [-0.15, -0.1) is 0 Å². The molecule has 2 aromatic carbocycles. The summed E-state index contributed by atoms with van der Waals surface area (Å²) >= 11 is 0. The molecule has 1 fully saturated rings. The van der Waals surface area contributed by atoms with Gasteiger partial charge in [0.2, 0.25) is 0 Å². The largest absolute Gasteiger partial charge is 0.506 e. The van der Waals surface area contributed by atoms with E-state index in [1.54, 1.807) is 25.3 Å². The third kappa shape index (κ3) is 3.26. The molecule has 0 aliphatic carbocycles. The fourth-order valence-electron chi connectivity index (χ4n) is 3.74. The van der Waals surface area contributed by atoms with Crippen LogP contribution in [0.25, 0.3) is 11.8 Å². The van der Waals surface area contributed by atoms with Gasteiger partial charge in [-0.05, 0) is 55.2 Å². The van der Waals surface area contributed by atoms with Crippen molar-refractivity contribution in [2.24, 2.45) is 0 Å². The van der Waals surface area contributed by atoms with Crippen LogP contribution in [-0.2, 0) is 4.74 Å². The molecule has 146 valence electrons. The molecule has 4 rings (SSSR count). The summed E-state index contributed by atoms with van der Waals surface area (Å²) in [6.07, 6.45) is 5.27. The van der Waals surface area contributed by atoms with Crippen LogP contribution in [0, 0.1) is 0 Å². The lowest BCUT2D eigenvalue weighted by molar-refractivity contribution is 0.0717. The standard InChI is InChI=1S/C22H23NO5/c1-26-20-12-15-16(13-21(20)27-2)22(25)28-19(15)11-14-6-7-18(24)17(10-14)23-8-4-3-5-9-23/h6-7,10-13,24H,3-5,8-9H2,1-2H3/b19-11+. The van der Waals surface area contributed by atoms with Gasteiger partial charge in [-0.1, -0.05) is 6.07 Å². The minimum absolute atomic E-state index is 0.263. The number of piperidine rings is 1. The molecule has 2 aliphatic heterocycles. The maximum absolute atomic E-state index is 12.3. The molecule has 0 spiro atoms. The second-order valence-corrected chi connectivity index (χ2v) is 6.95. The lowest BCUT2D eigenvalue weighted by Crippen LogP contribution is -2.29. The van der Waals surface area contributed by atoms with E-state index in [1.807, 2.05) is 18.2 Å². The van der Waals surface area contributed by atoms with E-state index in [4.69, 9.17) is 14.2 Å². The van der Waals surface area contributed by atoms with Crippen LogP contribution in [0.3, 0.4) is 0 Å². The zero-order valence-corrected chi connectivity index (χ0v) is 16.0. The zero-order valence-electron chi connectivity index (χ0n) is 16.0. The number of fused-ring (bicyclic) bond motifs is 1. The number of aromatic hydroxyl groups is 1. The number of hydrogen-bond donors (Lipinski definition) is 1. The molecule has 2 aliphatic rings. The Morgan fingerprint density at radius 2 is 1.68 bits per heavy atom. The quantitative estimate of drug-likeness (QED) is 0.806. The van der Waals surface area contributed by atoms with E-state index in [9.17, 15) is 9.90 Å². The molecule has 0 radical (unpaired) electrons. The van der Waals surface area contributed by atoms with Crippen LogP contribution in [0.15, 0.2) is 30.3 Å². The van der Waals surface area contributed by atoms with E-state index < -0.39 is 5.97 Å². The SMILES string of the molecule is COc1cc2c(cc1OC)/C(=C\c1ccc(O)c(N3CCCCC3)c1)OC2=O. The number of phenolic OH excluding ortho intramolecular Hbond substituents is 1. The monoisotopic (exact) mass is 381 g/mol. The molecular formula is C22H23NO5. The number of hydrogen-bond acceptors (Lipinski definition) is 6. The number of ether oxygens (including phenoxy) is 3. The highest BCUT2D eigenvalue weighted by atomic mass is 16.5. The minimum atomic E-state index is -0.419. The predicted octanol–water partition coefficient (Wildman–Crippen LogP) is 4.07. The maximum atomic E-state index is 12.3. The number of carbonyl (C=O) groups is 1. The molecule has 28 heavy (non-hydrogen) atoms. The summed E-state index contributed by atoms with van der Waals surface area (Å²) in [6.45, 7) is 1.87. The Bertz CT molecular complexity index is 944. The van der Waals surface area contributed by atoms with Crippen molar-refractivity contribution in [1.82, 2.24) is 0 Å². The summed E-state index contributed by atoms with van der Waals surface area (Å²) in [7, 11) is 3.08. The highest BCUT2D eigenvalue weighted by Crippen LogP contribution is 2.40. The molecular weight excluding hydrogens is 358 g/mol. The Balaban J connectivity index is 1.72. The lowest BCUT2D eigenvalue weighted by Gasteiger charge is -2.29. The van der Waals surface area contributed by atoms with Crippen LogP contribution in [0.4, 0.5) is 5.69 Å². The minimum Gasteiger partial charge on any atom is -0.506 e. The van der Waals surface area contributed by atoms with E-state index in [1.165, 1.54) is 13.5 Å². The van der Waals surface area contributed by atoms with Gasteiger partial charge in [0.05, 0.1) is 25.5 Å². The second kappa shape index (κ2) is 7.46. The van der Waals surface area contributed by atoms with Gasteiger partial charge in [-0.2, -0.15) is 0 Å². The molecule has 0 amide bonds. The Morgan fingerprint density at radius 3 is 2.36 bits per heavy atom. The number of esters is 1. The van der Waals surface area contributed by atoms with Gasteiger partial charge < -0.3 is 24.2 Å². The summed E-state index contributed by atoms with van der Waals surface area (Å²) in [5.41, 5.74) is 2.77. The fraction of sp³-hybridized carbons (Fsp3) is 0.318. The second-order valence-electron chi connectivity index (χ2n) is 6.95. The number of methoxy groups -OCH3 is 2. The van der Waals surface area contributed by atoms with Gasteiger partial charge in [0.1, 0.15) is 11.5 Å². The third-order valence-electron chi connectivity index (χ3n) is 5.21. The van der Waals surface area contributed by atoms with Crippen LogP contribution in [0.5, 0.6) is 17.2 Å². The molecule has 2 heterocycles. The predicted molar refractivity (Wildman–Crippen MR) is 107 cm³/mol. The topological polar surface area (TPSA) is 68.2 Å². The molecule has 0 unspecified atom stereocenters. The number of rotatable bonds is 4. The van der Waals surface area contributed by atoms with Gasteiger partial charge in [-0.25, -0.2) is 4.79 Å². The number of anilines is 1. The Kier molecular flexibility index (Phi) is 4.86. The molecule has 1 N–H and O–H groups in total. The van der Waals surface area contributed by atoms with Gasteiger partial charge in [0.15, 0.2) is 11.5 Å². The first-order valence-corrected chi connectivity index (χ1v) is 9.39. The first-order valence-electron chi connectivity index (χ1n) is 9.39. The van der Waals surface area contributed by atoms with Gasteiger partial charge >= 0.3 is 5.97 Å². The van der Waals surface area contributed by atoms with E-state index in [0.717, 1.165) is 37.2 Å². The summed E-state index contributed by atoms with van der Waals surface area (Å²) < 4.78 is 16.1. The first kappa shape index (κ1) is 18.2. The van der Waals surface area contributed by atoms with Crippen LogP contribution in [0.1, 0.15) is 40.7 Å². The van der Waals surface area contributed by atoms with Gasteiger partial charge in [-0.3, -0.25) is 0 Å². The van der Waals surface area contributed by atoms with E-state index in [-0.39, 0.29) is 5.75 Å². The van der Waals surface area contributed by atoms with Crippen molar-refractivity contribution in [3.05, 3.63) is 47.0 Å². The maximum Gasteiger partial charge on any atom is 0.344 e. The van der Waals surface area contributed by atoms with Crippen molar-refractivity contribution >= 4 is 23.5 Å². The van der Waals surface area contributed by atoms with E-state index in [2.05, 4.69) is 4.90 Å². The molecule has 6 heteroatoms. The molecule has 0 bridgehead atoms. The van der Waals surface area contributed by atoms with Crippen LogP contribution in [-0.4, -0.2) is 38.4 Å². The Labute approximate surface area is 163 Å². The molecule has 2 aromatic rings. The van der Waals surface area contributed by atoms with E-state index >= 15 is 0 Å². The van der Waals surface area contributed by atoms with Crippen LogP contribution in [0.2, 0.25) is 0 Å². The number of cyclic esters (lactones) is 1. The Hall–Kier alpha value is -3.15. The fourth-order valence-corrected chi connectivity index (χ4v) is 3.74. The summed E-state index contributed by atoms with van der Waals surface area (Å²) in [5.74, 6) is 1.31. The van der Waals surface area contributed by atoms with Crippen molar-refractivity contribution in [1.29, 1.82) is 0 Å². The number of carbonyl (C=O) groups excluding carboxylic acids is 1. The lowest BCUT2D eigenvalue weighted by atomic mass is 10.0. The number of nitrogens with zero attached hydrogens (tertiary/aromatic N) is 1. The molecule has 1 saturated heterocycles. The number of phenols is 1. The first-order chi connectivity index (χ1) is 13.6. The van der Waals surface area contributed by atoms with Crippen molar-refractivity contribution < 1.29 is 24.1 Å². The van der Waals surface area contributed by atoms with Gasteiger partial charge in [0.25, 0.3) is 0 Å². The van der Waals surface area contributed by atoms with Crippen LogP contribution >= 0.6 is 0 Å². The third-order valence-corrected chi connectivity index (χ3v) is 5.21. The van der Waals surface area contributed by atoms with Crippen molar-refractivity contribution in [2.45, 2.75) is 19.3 Å². The smallest absolute Gasteiger partial charge is 0.344 e. The number of benzene rings is 2. The summed E-state index contributed by atoms with van der Waals surface area (Å²) in [6, 6.07) is 8.80. The Morgan fingerprint density at radius 1 is 1.00 bits per heavy atom. The molecule has 6 nitrogen and oxygen atoms in total. The average Bonchev–Trinajstić information content (AvgIpc) is 3.03. The average molecular weight is 381 g/mol. The molecule has 0 saturated carbocycles. The zero-order chi connectivity index (χ0) is 19.7. The molecule has 0 aromatic heterocycles. The van der Waals surface area contributed by atoms with Crippen molar-refractivity contribution in [2.75, 3.05) is 32.2 Å². The normalized spacial score (nSPS) is 17.4. The summed E-state index contributed by atoms with van der Waals surface area (Å²) in [4.78, 5) is 14.5. The highest BCUT2D eigenvalue weighted by molar-refractivity contribution is 6.06.